The van der Waals surface area contributed by atoms with Gasteiger partial charge in [0.1, 0.15) is 16.9 Å². The third-order valence-corrected chi connectivity index (χ3v) is 7.02. The number of anilines is 1. The van der Waals surface area contributed by atoms with Gasteiger partial charge in [0, 0.05) is 29.9 Å². The molecule has 0 bridgehead atoms. The van der Waals surface area contributed by atoms with Gasteiger partial charge in [0.25, 0.3) is 11.8 Å². The second kappa shape index (κ2) is 9.79. The largest absolute Gasteiger partial charge is 0.495 e. The van der Waals surface area contributed by atoms with Gasteiger partial charge in [0.2, 0.25) is 0 Å². The van der Waals surface area contributed by atoms with Gasteiger partial charge in [-0.2, -0.15) is 0 Å². The molecule has 2 aromatic heterocycles. The number of amides is 2. The molecule has 0 saturated carbocycles. The lowest BCUT2D eigenvalue weighted by Gasteiger charge is -2.30. The summed E-state index contributed by atoms with van der Waals surface area (Å²) in [6.45, 7) is 0.559. The number of rotatable bonds is 6. The number of hydrogen-bond donors (Lipinski definition) is 1. The van der Waals surface area contributed by atoms with E-state index in [2.05, 4.69) is 5.32 Å². The summed E-state index contributed by atoms with van der Waals surface area (Å²) in [6, 6.07) is 14.8. The predicted molar refractivity (Wildman–Crippen MR) is 133 cm³/mol. The Balaban J connectivity index is 1.17. The third-order valence-electron chi connectivity index (χ3n) is 6.17. The van der Waals surface area contributed by atoms with Crippen molar-refractivity contribution in [1.82, 2.24) is 4.90 Å². The number of para-hydroxylation sites is 1. The maximum atomic E-state index is 12.5. The molecule has 1 aliphatic rings. The monoisotopic (exact) mass is 492 g/mol. The van der Waals surface area contributed by atoms with Gasteiger partial charge < -0.3 is 24.1 Å². The molecule has 0 radical (unpaired) electrons. The van der Waals surface area contributed by atoms with Crippen LogP contribution in [0.4, 0.5) is 5.69 Å². The van der Waals surface area contributed by atoms with E-state index in [0.29, 0.717) is 47.8 Å². The van der Waals surface area contributed by atoms with E-state index < -0.39 is 18.5 Å². The summed E-state index contributed by atoms with van der Waals surface area (Å²) in [5.41, 5.74) is 1.79. The van der Waals surface area contributed by atoms with E-state index in [1.807, 2.05) is 41.8 Å². The highest BCUT2D eigenvalue weighted by Crippen LogP contribution is 2.36. The van der Waals surface area contributed by atoms with Crippen molar-refractivity contribution in [1.29, 1.82) is 0 Å². The molecule has 1 aliphatic heterocycles. The summed E-state index contributed by atoms with van der Waals surface area (Å²) >= 11 is 1.41. The predicted octanol–water partition coefficient (Wildman–Crippen LogP) is 4.69. The average Bonchev–Trinajstić information content (AvgIpc) is 3.54. The van der Waals surface area contributed by atoms with Gasteiger partial charge in [0.15, 0.2) is 6.61 Å². The topological polar surface area (TPSA) is 98.1 Å². The Morgan fingerprint density at radius 2 is 1.86 bits per heavy atom. The molecular formula is C26H24N2O6S. The van der Waals surface area contributed by atoms with Crippen LogP contribution in [0.3, 0.4) is 0 Å². The second-order valence-corrected chi connectivity index (χ2v) is 9.29. The number of benzene rings is 2. The summed E-state index contributed by atoms with van der Waals surface area (Å²) in [7, 11) is 1.52. The zero-order valence-corrected chi connectivity index (χ0v) is 19.9. The van der Waals surface area contributed by atoms with Crippen molar-refractivity contribution in [2.24, 2.45) is 5.92 Å². The Morgan fingerprint density at radius 1 is 1.06 bits per heavy atom. The van der Waals surface area contributed by atoms with Gasteiger partial charge in [-0.05, 0) is 36.4 Å². The van der Waals surface area contributed by atoms with Crippen molar-refractivity contribution >= 4 is 56.7 Å². The molecule has 35 heavy (non-hydrogen) atoms. The fourth-order valence-corrected chi connectivity index (χ4v) is 5.02. The number of thiophene rings is 1. The maximum Gasteiger partial charge on any atom is 0.309 e. The van der Waals surface area contributed by atoms with Crippen LogP contribution in [0.5, 0.6) is 5.75 Å². The smallest absolute Gasteiger partial charge is 0.309 e. The van der Waals surface area contributed by atoms with Gasteiger partial charge in [-0.25, -0.2) is 0 Å². The summed E-state index contributed by atoms with van der Waals surface area (Å²) in [5, 5.41) is 6.44. The van der Waals surface area contributed by atoms with Gasteiger partial charge in [-0.15, -0.1) is 11.3 Å². The summed E-state index contributed by atoms with van der Waals surface area (Å²) in [4.78, 5) is 39.9. The Bertz CT molecular complexity index is 1390. The molecule has 0 spiro atoms. The van der Waals surface area contributed by atoms with Crippen LogP contribution in [-0.2, 0) is 14.3 Å². The van der Waals surface area contributed by atoms with Gasteiger partial charge in [0.05, 0.1) is 23.6 Å². The fourth-order valence-electron chi connectivity index (χ4n) is 4.33. The number of furan rings is 1. The van der Waals surface area contributed by atoms with Crippen LogP contribution in [0.1, 0.15) is 22.5 Å². The molecule has 3 heterocycles. The molecule has 4 aromatic rings. The zero-order chi connectivity index (χ0) is 24.4. The highest BCUT2D eigenvalue weighted by molar-refractivity contribution is 7.12. The lowest BCUT2D eigenvalue weighted by molar-refractivity contribution is -0.152. The first-order valence-corrected chi connectivity index (χ1v) is 12.2. The van der Waals surface area contributed by atoms with Crippen molar-refractivity contribution in [3.8, 4) is 5.75 Å². The molecule has 0 aliphatic carbocycles. The van der Waals surface area contributed by atoms with E-state index in [4.69, 9.17) is 13.9 Å². The molecule has 1 saturated heterocycles. The van der Waals surface area contributed by atoms with Crippen LogP contribution < -0.4 is 10.1 Å². The minimum absolute atomic E-state index is 0.0124. The number of hydrogen-bond acceptors (Lipinski definition) is 7. The molecule has 180 valence electrons. The van der Waals surface area contributed by atoms with E-state index >= 15 is 0 Å². The molecular weight excluding hydrogens is 468 g/mol. The van der Waals surface area contributed by atoms with Crippen molar-refractivity contribution in [3.63, 3.8) is 0 Å². The second-order valence-electron chi connectivity index (χ2n) is 8.35. The van der Waals surface area contributed by atoms with E-state index in [-0.39, 0.29) is 11.8 Å². The van der Waals surface area contributed by atoms with E-state index in [1.165, 1.54) is 18.4 Å². The lowest BCUT2D eigenvalue weighted by Crippen LogP contribution is -2.40. The molecule has 5 rings (SSSR count). The zero-order valence-electron chi connectivity index (χ0n) is 19.1. The van der Waals surface area contributed by atoms with E-state index in [1.54, 1.807) is 17.0 Å². The number of fused-ring (bicyclic) bond motifs is 3. The van der Waals surface area contributed by atoms with Crippen molar-refractivity contribution in [2.45, 2.75) is 12.8 Å². The van der Waals surface area contributed by atoms with Crippen LogP contribution >= 0.6 is 11.3 Å². The van der Waals surface area contributed by atoms with Crippen LogP contribution in [-0.4, -0.2) is 49.5 Å². The summed E-state index contributed by atoms with van der Waals surface area (Å²) in [5.74, 6) is -0.773. The molecule has 1 N–H and O–H groups in total. The lowest BCUT2D eigenvalue weighted by atomic mass is 9.97. The van der Waals surface area contributed by atoms with Crippen molar-refractivity contribution in [2.75, 3.05) is 32.1 Å². The number of nitrogens with zero attached hydrogens (tertiary/aromatic N) is 1. The number of nitrogens with one attached hydrogen (secondary N) is 1. The molecule has 2 amide bonds. The number of carbonyl (C=O) groups is 3. The Hall–Kier alpha value is -3.85. The first-order valence-electron chi connectivity index (χ1n) is 11.3. The maximum absolute atomic E-state index is 12.5. The highest BCUT2D eigenvalue weighted by Gasteiger charge is 2.29. The number of carbonyl (C=O) groups excluding carboxylic acids is 3. The minimum atomic E-state index is -0.475. The van der Waals surface area contributed by atoms with Crippen molar-refractivity contribution < 1.29 is 28.3 Å². The third kappa shape index (κ3) is 4.72. The SMILES string of the molecule is COc1cc2c(cc1NC(=O)COC(=O)C1CCN(C(=O)c3cccs3)CC1)oc1ccccc12. The summed E-state index contributed by atoms with van der Waals surface area (Å²) < 4.78 is 16.6. The van der Waals surface area contributed by atoms with E-state index in [9.17, 15) is 14.4 Å². The molecule has 8 nitrogen and oxygen atoms in total. The first kappa shape index (κ1) is 22.9. The Kier molecular flexibility index (Phi) is 6.41. The van der Waals surface area contributed by atoms with Gasteiger partial charge in [-0.3, -0.25) is 14.4 Å². The van der Waals surface area contributed by atoms with Crippen LogP contribution in [0.2, 0.25) is 0 Å². The quantitative estimate of drug-likeness (QED) is 0.392. The number of likely N-dealkylation sites (tertiary alicyclic amines) is 1. The number of piperidine rings is 1. The van der Waals surface area contributed by atoms with Crippen LogP contribution in [0, 0.1) is 5.92 Å². The molecule has 1 fully saturated rings. The highest BCUT2D eigenvalue weighted by atomic mass is 32.1. The number of methoxy groups -OCH3 is 1. The fraction of sp³-hybridized carbons (Fsp3) is 0.269. The molecule has 0 atom stereocenters. The number of ether oxygens (including phenoxy) is 2. The normalized spacial score (nSPS) is 14.3. The standard InChI is InChI=1S/C26H24N2O6S/c1-32-22-13-18-17-5-2-3-6-20(17)34-21(18)14-19(22)27-24(29)15-33-26(31)16-8-10-28(11-9-16)25(30)23-7-4-12-35-23/h2-7,12-14,16H,8-11,15H2,1H3,(H,27,29). The minimum Gasteiger partial charge on any atom is -0.495 e. The Labute approximate surface area is 205 Å². The van der Waals surface area contributed by atoms with Crippen LogP contribution in [0.25, 0.3) is 21.9 Å². The van der Waals surface area contributed by atoms with Crippen LogP contribution in [0.15, 0.2) is 58.3 Å². The van der Waals surface area contributed by atoms with Gasteiger partial charge in [-0.1, -0.05) is 24.3 Å². The average molecular weight is 493 g/mol. The Morgan fingerprint density at radius 3 is 2.60 bits per heavy atom. The first-order chi connectivity index (χ1) is 17.0. The van der Waals surface area contributed by atoms with E-state index in [0.717, 1.165) is 16.4 Å². The number of esters is 1. The van der Waals surface area contributed by atoms with Gasteiger partial charge >= 0.3 is 5.97 Å². The molecule has 9 heteroatoms. The molecule has 0 unspecified atom stereocenters. The van der Waals surface area contributed by atoms with Crippen molar-refractivity contribution in [3.05, 3.63) is 58.8 Å². The summed E-state index contributed by atoms with van der Waals surface area (Å²) in [6.07, 6.45) is 1.02. The molecule has 2 aromatic carbocycles.